The average Bonchev–Trinajstić information content (AvgIpc) is 3.05. The lowest BCUT2D eigenvalue weighted by Gasteiger charge is -2.35. The second kappa shape index (κ2) is 7.88. The summed E-state index contributed by atoms with van der Waals surface area (Å²) in [6, 6.07) is 8.12. The van der Waals surface area contributed by atoms with Gasteiger partial charge in [-0.3, -0.25) is 9.80 Å². The van der Waals surface area contributed by atoms with Gasteiger partial charge in [0, 0.05) is 39.1 Å². The molecule has 1 fully saturated rings. The first kappa shape index (κ1) is 17.1. The highest BCUT2D eigenvalue weighted by Crippen LogP contribution is 2.16. The van der Waals surface area contributed by atoms with Crippen LogP contribution in [0.2, 0.25) is 0 Å². The van der Waals surface area contributed by atoms with Crippen LogP contribution in [0.15, 0.2) is 28.8 Å². The smallest absolute Gasteiger partial charge is 0.226 e. The molecule has 0 amide bonds. The van der Waals surface area contributed by atoms with Gasteiger partial charge < -0.3 is 9.63 Å². The molecule has 1 aromatic carbocycles. The number of aryl methyl sites for hydroxylation is 2. The number of β-amino-alcohol motifs (C(OH)–C–C–N with tert-alkyl or cyclic N) is 1. The fourth-order valence-corrected chi connectivity index (χ4v) is 2.97. The van der Waals surface area contributed by atoms with Crippen molar-refractivity contribution in [3.63, 3.8) is 0 Å². The van der Waals surface area contributed by atoms with Gasteiger partial charge in [-0.2, -0.15) is 4.98 Å². The van der Waals surface area contributed by atoms with Crippen LogP contribution in [0.1, 0.15) is 35.9 Å². The summed E-state index contributed by atoms with van der Waals surface area (Å²) < 4.78 is 5.16. The number of aromatic nitrogens is 2. The van der Waals surface area contributed by atoms with Crippen molar-refractivity contribution in [2.45, 2.75) is 32.9 Å². The lowest BCUT2D eigenvalue weighted by molar-refractivity contribution is 0.0690. The molecule has 0 radical (unpaired) electrons. The molecule has 2 aromatic rings. The predicted molar refractivity (Wildman–Crippen MR) is 91.5 cm³/mol. The molecule has 1 aliphatic rings. The molecule has 1 unspecified atom stereocenters. The summed E-state index contributed by atoms with van der Waals surface area (Å²) in [6.07, 6.45) is 0.346. The van der Waals surface area contributed by atoms with Crippen molar-refractivity contribution in [3.05, 3.63) is 47.1 Å². The maximum Gasteiger partial charge on any atom is 0.226 e. The van der Waals surface area contributed by atoms with Crippen molar-refractivity contribution in [3.8, 4) is 0 Å². The highest BCUT2D eigenvalue weighted by Gasteiger charge is 2.21. The van der Waals surface area contributed by atoms with Crippen LogP contribution in [0.3, 0.4) is 0 Å². The molecule has 1 aromatic heterocycles. The molecule has 130 valence electrons. The van der Waals surface area contributed by atoms with Crippen LogP contribution in [-0.2, 0) is 13.0 Å². The van der Waals surface area contributed by atoms with Crippen molar-refractivity contribution < 1.29 is 9.63 Å². The summed E-state index contributed by atoms with van der Waals surface area (Å²) in [4.78, 5) is 9.01. The van der Waals surface area contributed by atoms with Crippen LogP contribution in [0, 0.1) is 6.92 Å². The first-order chi connectivity index (χ1) is 11.6. The van der Waals surface area contributed by atoms with Crippen LogP contribution in [0.4, 0.5) is 0 Å². The Hall–Kier alpha value is -1.76. The summed E-state index contributed by atoms with van der Waals surface area (Å²) in [5, 5.41) is 14.4. The molecular weight excluding hydrogens is 304 g/mol. The minimum Gasteiger partial charge on any atom is -0.387 e. The fraction of sp³-hybridized carbons (Fsp3) is 0.556. The molecule has 0 aliphatic carbocycles. The van der Waals surface area contributed by atoms with Gasteiger partial charge in [0.05, 0.1) is 12.6 Å². The SMILES string of the molecule is CCc1nc(CN2CCN(CC(O)c3ccc(C)cc3)CC2)no1. The van der Waals surface area contributed by atoms with Gasteiger partial charge in [-0.1, -0.05) is 41.9 Å². The lowest BCUT2D eigenvalue weighted by Crippen LogP contribution is -2.47. The molecule has 1 aliphatic heterocycles. The standard InChI is InChI=1S/C18H26N4O2/c1-3-18-19-17(20-24-18)13-22-10-8-21(9-11-22)12-16(23)15-6-4-14(2)5-7-15/h4-7,16,23H,3,8-13H2,1-2H3. The Bertz CT molecular complexity index is 633. The molecule has 24 heavy (non-hydrogen) atoms. The molecular formula is C18H26N4O2. The number of nitrogens with zero attached hydrogens (tertiary/aromatic N) is 4. The third-order valence-corrected chi connectivity index (χ3v) is 4.54. The van der Waals surface area contributed by atoms with E-state index in [0.717, 1.165) is 50.5 Å². The predicted octanol–water partition coefficient (Wildman–Crippen LogP) is 1.79. The van der Waals surface area contributed by atoms with Gasteiger partial charge in [0.1, 0.15) is 0 Å². The Kier molecular flexibility index (Phi) is 5.60. The zero-order valence-corrected chi connectivity index (χ0v) is 14.5. The normalized spacial score (nSPS) is 18.0. The first-order valence-corrected chi connectivity index (χ1v) is 8.65. The van der Waals surface area contributed by atoms with Gasteiger partial charge in [-0.25, -0.2) is 0 Å². The number of rotatable bonds is 6. The third-order valence-electron chi connectivity index (χ3n) is 4.54. The van der Waals surface area contributed by atoms with Crippen LogP contribution < -0.4 is 0 Å². The zero-order chi connectivity index (χ0) is 16.9. The summed E-state index contributed by atoms with van der Waals surface area (Å²) in [7, 11) is 0. The largest absolute Gasteiger partial charge is 0.387 e. The van der Waals surface area contributed by atoms with E-state index in [4.69, 9.17) is 4.52 Å². The molecule has 1 N–H and O–H groups in total. The number of hydrogen-bond donors (Lipinski definition) is 1. The Morgan fingerprint density at radius 3 is 2.42 bits per heavy atom. The zero-order valence-electron chi connectivity index (χ0n) is 14.5. The molecule has 0 saturated carbocycles. The van der Waals surface area contributed by atoms with Crippen LogP contribution >= 0.6 is 0 Å². The lowest BCUT2D eigenvalue weighted by atomic mass is 10.1. The van der Waals surface area contributed by atoms with Gasteiger partial charge in [-0.15, -0.1) is 0 Å². The van der Waals surface area contributed by atoms with Crippen molar-refractivity contribution in [2.24, 2.45) is 0 Å². The van der Waals surface area contributed by atoms with E-state index >= 15 is 0 Å². The number of hydrogen-bond acceptors (Lipinski definition) is 6. The fourth-order valence-electron chi connectivity index (χ4n) is 2.97. The maximum atomic E-state index is 10.4. The van der Waals surface area contributed by atoms with Crippen LogP contribution in [-0.4, -0.2) is 57.8 Å². The van der Waals surface area contributed by atoms with E-state index in [-0.39, 0.29) is 0 Å². The Morgan fingerprint density at radius 1 is 1.12 bits per heavy atom. The Balaban J connectivity index is 1.45. The second-order valence-corrected chi connectivity index (χ2v) is 6.46. The van der Waals surface area contributed by atoms with Crippen molar-refractivity contribution in [1.29, 1.82) is 0 Å². The molecule has 6 heteroatoms. The van der Waals surface area contributed by atoms with Gasteiger partial charge >= 0.3 is 0 Å². The average molecular weight is 330 g/mol. The minimum atomic E-state index is -0.429. The topological polar surface area (TPSA) is 65.6 Å². The number of piperazine rings is 1. The minimum absolute atomic E-state index is 0.429. The van der Waals surface area contributed by atoms with Gasteiger partial charge in [0.2, 0.25) is 5.89 Å². The van der Waals surface area contributed by atoms with E-state index in [1.807, 2.05) is 31.2 Å². The summed E-state index contributed by atoms with van der Waals surface area (Å²) in [5.41, 5.74) is 2.20. The van der Waals surface area contributed by atoms with E-state index < -0.39 is 6.10 Å². The highest BCUT2D eigenvalue weighted by molar-refractivity contribution is 5.23. The van der Waals surface area contributed by atoms with E-state index in [2.05, 4.69) is 26.9 Å². The van der Waals surface area contributed by atoms with E-state index in [1.165, 1.54) is 5.56 Å². The molecule has 0 spiro atoms. The monoisotopic (exact) mass is 330 g/mol. The quantitative estimate of drug-likeness (QED) is 0.871. The molecule has 1 atom stereocenters. The third kappa shape index (κ3) is 4.41. The first-order valence-electron chi connectivity index (χ1n) is 8.65. The van der Waals surface area contributed by atoms with E-state index in [9.17, 15) is 5.11 Å². The van der Waals surface area contributed by atoms with E-state index in [0.29, 0.717) is 12.4 Å². The number of aliphatic hydroxyl groups excluding tert-OH is 1. The van der Waals surface area contributed by atoms with E-state index in [1.54, 1.807) is 0 Å². The van der Waals surface area contributed by atoms with Gasteiger partial charge in [0.25, 0.3) is 0 Å². The number of aliphatic hydroxyl groups is 1. The molecule has 3 rings (SSSR count). The summed E-state index contributed by atoms with van der Waals surface area (Å²) in [5.74, 6) is 1.46. The summed E-state index contributed by atoms with van der Waals surface area (Å²) in [6.45, 7) is 9.28. The highest BCUT2D eigenvalue weighted by atomic mass is 16.5. The van der Waals surface area contributed by atoms with Gasteiger partial charge in [-0.05, 0) is 12.5 Å². The van der Waals surface area contributed by atoms with Crippen LogP contribution in [0.5, 0.6) is 0 Å². The van der Waals surface area contributed by atoms with Crippen molar-refractivity contribution in [1.82, 2.24) is 19.9 Å². The molecule has 0 bridgehead atoms. The molecule has 6 nitrogen and oxygen atoms in total. The molecule has 2 heterocycles. The van der Waals surface area contributed by atoms with Crippen molar-refractivity contribution in [2.75, 3.05) is 32.7 Å². The number of benzene rings is 1. The summed E-state index contributed by atoms with van der Waals surface area (Å²) >= 11 is 0. The Labute approximate surface area is 143 Å². The molecule has 1 saturated heterocycles. The van der Waals surface area contributed by atoms with Gasteiger partial charge in [0.15, 0.2) is 5.82 Å². The maximum absolute atomic E-state index is 10.4. The van der Waals surface area contributed by atoms with Crippen LogP contribution in [0.25, 0.3) is 0 Å². The Morgan fingerprint density at radius 2 is 1.79 bits per heavy atom. The second-order valence-electron chi connectivity index (χ2n) is 6.46. The van der Waals surface area contributed by atoms with Crippen molar-refractivity contribution >= 4 is 0 Å².